The molecule has 0 spiro atoms. The third-order valence-electron chi connectivity index (χ3n) is 5.69. The first kappa shape index (κ1) is 14.6. The van der Waals surface area contributed by atoms with Crippen LogP contribution in [-0.2, 0) is 11.2 Å². The molecule has 2 bridgehead atoms. The zero-order valence-corrected chi connectivity index (χ0v) is 13.8. The van der Waals surface area contributed by atoms with Crippen LogP contribution in [0.2, 0.25) is 0 Å². The van der Waals surface area contributed by atoms with Gasteiger partial charge >= 0.3 is 5.97 Å². The van der Waals surface area contributed by atoms with Gasteiger partial charge in [-0.05, 0) is 48.6 Å². The third kappa shape index (κ3) is 1.99. The second kappa shape index (κ2) is 4.98. The molecule has 1 fully saturated rings. The fourth-order valence-corrected chi connectivity index (χ4v) is 4.67. The molecule has 2 aromatic rings. The number of carbonyl (C=O) groups excluding carboxylic acids is 1. The Kier molecular flexibility index (Phi) is 3.15. The Morgan fingerprint density at radius 3 is 2.74 bits per heavy atom. The predicted molar refractivity (Wildman–Crippen MR) is 90.2 cm³/mol. The molecule has 3 unspecified atom stereocenters. The Bertz CT molecular complexity index is 821. The summed E-state index contributed by atoms with van der Waals surface area (Å²) in [5, 5.41) is 12.6. The van der Waals surface area contributed by atoms with E-state index in [-0.39, 0.29) is 5.97 Å². The molecule has 0 aliphatic heterocycles. The van der Waals surface area contributed by atoms with Crippen LogP contribution >= 0.6 is 0 Å². The summed E-state index contributed by atoms with van der Waals surface area (Å²) in [7, 11) is 0. The number of fused-ring (bicyclic) bond motifs is 6. The lowest BCUT2D eigenvalue weighted by atomic mass is 9.81. The first-order chi connectivity index (χ1) is 11.0. The number of aryl methyl sites for hydroxylation is 1. The van der Waals surface area contributed by atoms with Gasteiger partial charge in [0.15, 0.2) is 0 Å². The zero-order valence-electron chi connectivity index (χ0n) is 13.8. The second-order valence-corrected chi connectivity index (χ2v) is 7.08. The van der Waals surface area contributed by atoms with E-state index < -0.39 is 0 Å². The summed E-state index contributed by atoms with van der Waals surface area (Å²) < 4.78 is 5.66. The Balaban J connectivity index is 2.07. The van der Waals surface area contributed by atoms with E-state index in [0.717, 1.165) is 41.2 Å². The lowest BCUT2D eigenvalue weighted by Crippen LogP contribution is -2.12. The smallest absolute Gasteiger partial charge is 0.308 e. The molecule has 2 aliphatic rings. The standard InChI is InChI=1S/C20H22O3/c1-4-12-5-6-14-16(8-12)20(23-11(3)21)17-13-7-10(2)15(9-13)18(17)19(14)22/h5-6,8,10,13,15,22H,4,7,9H2,1-3H3. The van der Waals surface area contributed by atoms with E-state index in [1.807, 2.05) is 12.1 Å². The molecule has 1 saturated carbocycles. The third-order valence-corrected chi connectivity index (χ3v) is 5.69. The topological polar surface area (TPSA) is 46.5 Å². The minimum atomic E-state index is -0.295. The van der Waals surface area contributed by atoms with Crippen molar-refractivity contribution in [2.75, 3.05) is 0 Å². The van der Waals surface area contributed by atoms with Crippen molar-refractivity contribution in [1.82, 2.24) is 0 Å². The number of hydrogen-bond acceptors (Lipinski definition) is 3. The summed E-state index contributed by atoms with van der Waals surface area (Å²) in [5.74, 6) is 2.16. The molecule has 3 atom stereocenters. The summed E-state index contributed by atoms with van der Waals surface area (Å²) in [4.78, 5) is 11.7. The first-order valence-electron chi connectivity index (χ1n) is 8.51. The van der Waals surface area contributed by atoms with Gasteiger partial charge in [0.1, 0.15) is 11.5 Å². The molecule has 0 amide bonds. The number of rotatable bonds is 2. The van der Waals surface area contributed by atoms with Gasteiger partial charge in [-0.1, -0.05) is 26.0 Å². The van der Waals surface area contributed by atoms with Gasteiger partial charge in [-0.3, -0.25) is 4.79 Å². The SMILES string of the molecule is CCc1ccc2c(O)c3c(c(OC(C)=O)c2c1)C1CC(C)C3C1. The molecule has 3 heteroatoms. The fourth-order valence-electron chi connectivity index (χ4n) is 4.67. The zero-order chi connectivity index (χ0) is 16.3. The monoisotopic (exact) mass is 310 g/mol. The highest BCUT2D eigenvalue weighted by molar-refractivity contribution is 5.98. The van der Waals surface area contributed by atoms with Crippen molar-refractivity contribution < 1.29 is 14.6 Å². The number of aromatic hydroxyl groups is 1. The molecule has 120 valence electrons. The minimum absolute atomic E-state index is 0.295. The van der Waals surface area contributed by atoms with Crippen molar-refractivity contribution in [3.63, 3.8) is 0 Å². The normalized spacial score (nSPS) is 24.9. The van der Waals surface area contributed by atoms with Crippen LogP contribution in [0.25, 0.3) is 10.8 Å². The summed E-state index contributed by atoms with van der Waals surface area (Å²) in [6, 6.07) is 6.07. The maximum absolute atomic E-state index is 11.7. The molecule has 0 heterocycles. The van der Waals surface area contributed by atoms with E-state index in [0.29, 0.717) is 29.3 Å². The number of benzene rings is 2. The molecule has 1 N–H and O–H groups in total. The molecule has 23 heavy (non-hydrogen) atoms. The Morgan fingerprint density at radius 2 is 2.04 bits per heavy atom. The largest absolute Gasteiger partial charge is 0.507 e. The number of phenols is 1. The van der Waals surface area contributed by atoms with Crippen molar-refractivity contribution in [3.8, 4) is 11.5 Å². The predicted octanol–water partition coefficient (Wildman–Crippen LogP) is 4.64. The van der Waals surface area contributed by atoms with Gasteiger partial charge in [0.25, 0.3) is 0 Å². The van der Waals surface area contributed by atoms with Crippen molar-refractivity contribution >= 4 is 16.7 Å². The van der Waals surface area contributed by atoms with Gasteiger partial charge in [0, 0.05) is 28.8 Å². The Labute approximate surface area is 136 Å². The van der Waals surface area contributed by atoms with Gasteiger partial charge < -0.3 is 9.84 Å². The molecule has 2 aromatic carbocycles. The van der Waals surface area contributed by atoms with Crippen LogP contribution in [0, 0.1) is 5.92 Å². The van der Waals surface area contributed by atoms with Crippen LogP contribution < -0.4 is 4.74 Å². The van der Waals surface area contributed by atoms with Crippen molar-refractivity contribution in [3.05, 3.63) is 34.9 Å². The maximum atomic E-state index is 11.7. The molecule has 0 radical (unpaired) electrons. The van der Waals surface area contributed by atoms with Crippen molar-refractivity contribution in [1.29, 1.82) is 0 Å². The molecule has 0 aromatic heterocycles. The van der Waals surface area contributed by atoms with E-state index in [2.05, 4.69) is 19.9 Å². The fraction of sp³-hybridized carbons (Fsp3) is 0.450. The lowest BCUT2D eigenvalue weighted by Gasteiger charge is -2.25. The van der Waals surface area contributed by atoms with Crippen LogP contribution in [-0.4, -0.2) is 11.1 Å². The summed E-state index contributed by atoms with van der Waals surface area (Å²) in [5.41, 5.74) is 3.30. The van der Waals surface area contributed by atoms with Crippen LogP contribution in [0.4, 0.5) is 0 Å². The van der Waals surface area contributed by atoms with E-state index in [9.17, 15) is 9.90 Å². The van der Waals surface area contributed by atoms with E-state index >= 15 is 0 Å². The Morgan fingerprint density at radius 1 is 1.26 bits per heavy atom. The number of hydrogen-bond donors (Lipinski definition) is 1. The average Bonchev–Trinajstić information content (AvgIpc) is 3.07. The molecule has 0 saturated heterocycles. The lowest BCUT2D eigenvalue weighted by molar-refractivity contribution is -0.131. The molecular weight excluding hydrogens is 288 g/mol. The Hall–Kier alpha value is -2.03. The van der Waals surface area contributed by atoms with Crippen molar-refractivity contribution in [2.45, 2.75) is 51.9 Å². The number of carbonyl (C=O) groups is 1. The highest BCUT2D eigenvalue weighted by atomic mass is 16.5. The van der Waals surface area contributed by atoms with Crippen LogP contribution in [0.3, 0.4) is 0 Å². The van der Waals surface area contributed by atoms with Crippen LogP contribution in [0.1, 0.15) is 62.1 Å². The van der Waals surface area contributed by atoms with E-state index in [1.165, 1.54) is 12.5 Å². The van der Waals surface area contributed by atoms with E-state index in [1.54, 1.807) is 0 Å². The minimum Gasteiger partial charge on any atom is -0.507 e. The highest BCUT2D eigenvalue weighted by Gasteiger charge is 2.46. The molecule has 4 rings (SSSR count). The van der Waals surface area contributed by atoms with Crippen molar-refractivity contribution in [2.24, 2.45) is 5.92 Å². The summed E-state index contributed by atoms with van der Waals surface area (Å²) in [6.45, 7) is 5.80. The van der Waals surface area contributed by atoms with Gasteiger partial charge in [-0.15, -0.1) is 0 Å². The quantitative estimate of drug-likeness (QED) is 0.649. The molecule has 2 aliphatic carbocycles. The van der Waals surface area contributed by atoms with Gasteiger partial charge in [0.2, 0.25) is 0 Å². The molecule has 3 nitrogen and oxygen atoms in total. The maximum Gasteiger partial charge on any atom is 0.308 e. The van der Waals surface area contributed by atoms with Gasteiger partial charge in [-0.2, -0.15) is 0 Å². The van der Waals surface area contributed by atoms with Crippen LogP contribution in [0.15, 0.2) is 18.2 Å². The summed E-state index contributed by atoms with van der Waals surface area (Å²) in [6.07, 6.45) is 3.09. The number of ether oxygens (including phenoxy) is 1. The first-order valence-corrected chi connectivity index (χ1v) is 8.51. The number of esters is 1. The second-order valence-electron chi connectivity index (χ2n) is 7.08. The van der Waals surface area contributed by atoms with E-state index in [4.69, 9.17) is 4.74 Å². The number of phenolic OH excluding ortho intramolecular Hbond substituents is 1. The highest BCUT2D eigenvalue weighted by Crippen LogP contribution is 2.62. The van der Waals surface area contributed by atoms with Gasteiger partial charge in [-0.25, -0.2) is 0 Å². The van der Waals surface area contributed by atoms with Gasteiger partial charge in [0.05, 0.1) is 0 Å². The van der Waals surface area contributed by atoms with Crippen LogP contribution in [0.5, 0.6) is 11.5 Å². The average molecular weight is 310 g/mol. The summed E-state index contributed by atoms with van der Waals surface area (Å²) >= 11 is 0. The molecular formula is C20H22O3.